The molecule has 40 heavy (non-hydrogen) atoms. The van der Waals surface area contributed by atoms with Crippen LogP contribution >= 0.6 is 22.9 Å². The van der Waals surface area contributed by atoms with E-state index in [9.17, 15) is 22.8 Å². The highest BCUT2D eigenvalue weighted by Crippen LogP contribution is 2.48. The number of hydrogen-bond acceptors (Lipinski definition) is 10. The molecule has 2 atom stereocenters. The van der Waals surface area contributed by atoms with Gasteiger partial charge in [-0.15, -0.1) is 11.3 Å². The molecule has 2 N–H and O–H groups in total. The number of halogens is 4. The monoisotopic (exact) mass is 594 g/mol. The van der Waals surface area contributed by atoms with Gasteiger partial charge in [0.15, 0.2) is 10.8 Å². The lowest BCUT2D eigenvalue weighted by Crippen LogP contribution is -2.51. The van der Waals surface area contributed by atoms with Crippen LogP contribution in [-0.4, -0.2) is 77.3 Å². The minimum absolute atomic E-state index is 0.0562. The first-order chi connectivity index (χ1) is 19.1. The second kappa shape index (κ2) is 10.9. The molecule has 10 nitrogen and oxygen atoms in total. The number of amidine groups is 1. The second-order valence-electron chi connectivity index (χ2n) is 9.14. The normalized spacial score (nSPS) is 22.3. The Bertz CT molecular complexity index is 1450. The van der Waals surface area contributed by atoms with Crippen LogP contribution in [0, 0.1) is 11.2 Å². The Hall–Kier alpha value is -3.91. The maximum atomic E-state index is 14.0. The Morgan fingerprint density at radius 1 is 1.45 bits per heavy atom. The first-order valence-electron chi connectivity index (χ1n) is 11.9. The molecule has 210 valence electrons. The van der Waals surface area contributed by atoms with Crippen molar-refractivity contribution in [1.82, 2.24) is 20.1 Å². The maximum Gasteiger partial charge on any atom is 0.411 e. The van der Waals surface area contributed by atoms with Crippen molar-refractivity contribution in [2.24, 2.45) is 4.99 Å². The zero-order valence-electron chi connectivity index (χ0n) is 20.9. The van der Waals surface area contributed by atoms with E-state index < -0.39 is 36.0 Å². The standard InChI is InChI=1S/C25H22ClF3N6O4S/c1-38-18(36)10-35-24(37)39-12-25(35)9-17-19(16(30)4-5-32-23(28)29)20(14-3-2-13(27)8-15(14)26)33-21(34(17)11-25)22-31-6-7-40-22/h2-8,20,23,30,32H,9-12H2,1H3/b5-4-,30-16?/t20-,25-/m0/s1. The molecule has 2 fully saturated rings. The van der Waals surface area contributed by atoms with Crippen LogP contribution in [0.2, 0.25) is 5.02 Å². The molecule has 1 spiro atoms. The van der Waals surface area contributed by atoms with Gasteiger partial charge < -0.3 is 25.1 Å². The maximum absolute atomic E-state index is 14.0. The summed E-state index contributed by atoms with van der Waals surface area (Å²) in [5.74, 6) is -0.799. The number of ether oxygens (including phenoxy) is 2. The van der Waals surface area contributed by atoms with E-state index in [0.717, 1.165) is 18.3 Å². The summed E-state index contributed by atoms with van der Waals surface area (Å²) in [5, 5.41) is 13.0. The number of nitrogens with one attached hydrogen (secondary N) is 2. The summed E-state index contributed by atoms with van der Waals surface area (Å²) in [7, 11) is 1.21. The third kappa shape index (κ3) is 5.04. The highest BCUT2D eigenvalue weighted by atomic mass is 35.5. The number of allylic oxidation sites excluding steroid dienone is 1. The zero-order chi connectivity index (χ0) is 28.6. The molecule has 1 aromatic carbocycles. The number of alkyl halides is 2. The predicted octanol–water partition coefficient (Wildman–Crippen LogP) is 4.11. The van der Waals surface area contributed by atoms with E-state index in [1.165, 1.54) is 35.5 Å². The average molecular weight is 595 g/mol. The van der Waals surface area contributed by atoms with Crippen LogP contribution in [0.1, 0.15) is 23.0 Å². The van der Waals surface area contributed by atoms with Gasteiger partial charge in [0.25, 0.3) is 0 Å². The molecule has 4 heterocycles. The highest BCUT2D eigenvalue weighted by molar-refractivity contribution is 7.11. The minimum Gasteiger partial charge on any atom is -0.468 e. The van der Waals surface area contributed by atoms with Crippen molar-refractivity contribution in [1.29, 1.82) is 5.41 Å². The fourth-order valence-electron chi connectivity index (χ4n) is 5.01. The van der Waals surface area contributed by atoms with Crippen molar-refractivity contribution >= 4 is 46.5 Å². The Labute approximate surface area is 235 Å². The van der Waals surface area contributed by atoms with E-state index in [4.69, 9.17) is 31.5 Å². The lowest BCUT2D eigenvalue weighted by atomic mass is 9.89. The lowest BCUT2D eigenvalue weighted by Gasteiger charge is -2.33. The van der Waals surface area contributed by atoms with Gasteiger partial charge in [0.2, 0.25) is 0 Å². The number of nitrogens with zero attached hydrogens (tertiary/aromatic N) is 4. The zero-order valence-corrected chi connectivity index (χ0v) is 22.4. The van der Waals surface area contributed by atoms with Crippen LogP contribution in [0.4, 0.5) is 18.0 Å². The lowest BCUT2D eigenvalue weighted by molar-refractivity contribution is -0.142. The van der Waals surface area contributed by atoms with Crippen molar-refractivity contribution in [3.63, 3.8) is 0 Å². The quantitative estimate of drug-likeness (QED) is 0.268. The molecule has 1 amide bonds. The van der Waals surface area contributed by atoms with Crippen molar-refractivity contribution in [2.75, 3.05) is 26.8 Å². The number of carbonyl (C=O) groups excluding carboxylic acids is 2. The summed E-state index contributed by atoms with van der Waals surface area (Å²) in [6.07, 6.45) is 3.14. The van der Waals surface area contributed by atoms with Gasteiger partial charge in [-0.25, -0.2) is 14.2 Å². The fourth-order valence-corrected chi connectivity index (χ4v) is 5.92. The van der Waals surface area contributed by atoms with Gasteiger partial charge >= 0.3 is 18.6 Å². The number of hydrogen-bond donors (Lipinski definition) is 2. The SMILES string of the molecule is COC(=O)CN1C(=O)OC[C@@]12CC1=C(C(=N)/C=C\NC(F)F)[C@H](c3ccc(F)cc3Cl)N=C(c3nccs3)N1C2. The van der Waals surface area contributed by atoms with Crippen LogP contribution in [-0.2, 0) is 14.3 Å². The number of esters is 1. The Balaban J connectivity index is 1.68. The summed E-state index contributed by atoms with van der Waals surface area (Å²) >= 11 is 7.76. The van der Waals surface area contributed by atoms with Crippen molar-refractivity contribution in [3.8, 4) is 0 Å². The highest BCUT2D eigenvalue weighted by Gasteiger charge is 2.56. The number of carbonyl (C=O) groups is 2. The summed E-state index contributed by atoms with van der Waals surface area (Å²) in [6.45, 7) is -3.12. The summed E-state index contributed by atoms with van der Waals surface area (Å²) in [5.41, 5.74) is 0.0183. The van der Waals surface area contributed by atoms with E-state index in [2.05, 4.69) is 4.98 Å². The molecule has 3 aliphatic rings. The number of rotatable bonds is 8. The van der Waals surface area contributed by atoms with Gasteiger partial charge in [0.05, 0.1) is 19.4 Å². The number of aliphatic imine (C=N–C) groups is 1. The Kier molecular flexibility index (Phi) is 7.55. The number of methoxy groups -OCH3 is 1. The van der Waals surface area contributed by atoms with Gasteiger partial charge in [0, 0.05) is 46.1 Å². The largest absolute Gasteiger partial charge is 0.468 e. The molecule has 5 rings (SSSR count). The van der Waals surface area contributed by atoms with E-state index in [0.29, 0.717) is 27.7 Å². The number of aromatic nitrogens is 1. The molecule has 0 saturated carbocycles. The van der Waals surface area contributed by atoms with E-state index in [-0.39, 0.29) is 36.9 Å². The third-order valence-electron chi connectivity index (χ3n) is 6.78. The molecular weight excluding hydrogens is 573 g/mol. The Morgan fingerprint density at radius 2 is 2.25 bits per heavy atom. The molecule has 15 heteroatoms. The number of cyclic esters (lactones) is 1. The van der Waals surface area contributed by atoms with Gasteiger partial charge in [-0.2, -0.15) is 8.78 Å². The first-order valence-corrected chi connectivity index (χ1v) is 13.1. The number of thiazole rings is 1. The average Bonchev–Trinajstić information content (AvgIpc) is 3.64. The number of fused-ring (bicyclic) bond motifs is 1. The fraction of sp³-hybridized carbons (Fsp3) is 0.320. The van der Waals surface area contributed by atoms with Gasteiger partial charge in [0.1, 0.15) is 30.5 Å². The topological polar surface area (TPSA) is 120 Å². The van der Waals surface area contributed by atoms with E-state index >= 15 is 0 Å². The summed E-state index contributed by atoms with van der Waals surface area (Å²) in [6, 6.07) is 2.85. The summed E-state index contributed by atoms with van der Waals surface area (Å²) < 4.78 is 49.7. The minimum atomic E-state index is -2.84. The first kappa shape index (κ1) is 27.6. The van der Waals surface area contributed by atoms with Crippen LogP contribution in [0.5, 0.6) is 0 Å². The van der Waals surface area contributed by atoms with Gasteiger partial charge in [-0.1, -0.05) is 17.7 Å². The van der Waals surface area contributed by atoms with Crippen LogP contribution < -0.4 is 5.32 Å². The smallest absolute Gasteiger partial charge is 0.411 e. The Morgan fingerprint density at radius 3 is 2.92 bits per heavy atom. The molecule has 2 saturated heterocycles. The van der Waals surface area contributed by atoms with Crippen molar-refractivity contribution < 1.29 is 32.2 Å². The molecule has 1 aromatic heterocycles. The molecular formula is C25H22ClF3N6O4S. The van der Waals surface area contributed by atoms with Crippen LogP contribution in [0.15, 0.2) is 58.3 Å². The molecule has 0 radical (unpaired) electrons. The van der Waals surface area contributed by atoms with Crippen LogP contribution in [0.3, 0.4) is 0 Å². The van der Waals surface area contributed by atoms with E-state index in [1.807, 2.05) is 5.32 Å². The van der Waals surface area contributed by atoms with Gasteiger partial charge in [-0.05, 0) is 18.2 Å². The molecule has 2 aromatic rings. The molecule has 0 unspecified atom stereocenters. The number of benzene rings is 1. The van der Waals surface area contributed by atoms with Crippen molar-refractivity contribution in [3.05, 3.63) is 74.7 Å². The van der Waals surface area contributed by atoms with Gasteiger partial charge in [-0.3, -0.25) is 14.7 Å². The van der Waals surface area contributed by atoms with Crippen molar-refractivity contribution in [2.45, 2.75) is 24.6 Å². The summed E-state index contributed by atoms with van der Waals surface area (Å²) in [4.78, 5) is 37.3. The molecule has 3 aliphatic heterocycles. The van der Waals surface area contributed by atoms with Crippen LogP contribution in [0.25, 0.3) is 0 Å². The second-order valence-corrected chi connectivity index (χ2v) is 10.4. The molecule has 0 aliphatic carbocycles. The predicted molar refractivity (Wildman–Crippen MR) is 140 cm³/mol. The van der Waals surface area contributed by atoms with E-state index in [1.54, 1.807) is 16.5 Å². The molecule has 0 bridgehead atoms. The number of amides is 1. The third-order valence-corrected chi connectivity index (χ3v) is 7.88.